The van der Waals surface area contributed by atoms with Gasteiger partial charge in [0.1, 0.15) is 5.75 Å². The third kappa shape index (κ3) is 6.59. The molecular formula is C19H23N3O4S2. The van der Waals surface area contributed by atoms with Gasteiger partial charge in [0.2, 0.25) is 10.0 Å². The van der Waals surface area contributed by atoms with Gasteiger partial charge in [-0.05, 0) is 61.0 Å². The quantitative estimate of drug-likeness (QED) is 0.593. The van der Waals surface area contributed by atoms with Gasteiger partial charge in [-0.1, -0.05) is 26.0 Å². The van der Waals surface area contributed by atoms with Crippen LogP contribution in [0.5, 0.6) is 5.75 Å². The van der Waals surface area contributed by atoms with Crippen molar-refractivity contribution < 1.29 is 17.9 Å². The van der Waals surface area contributed by atoms with Crippen LogP contribution in [0.1, 0.15) is 30.6 Å². The Balaban J connectivity index is 2.00. The fourth-order valence-electron chi connectivity index (χ4n) is 2.25. The molecular weight excluding hydrogens is 398 g/mol. The third-order valence-corrected chi connectivity index (χ3v) is 4.89. The number of benzene rings is 2. The largest absolute Gasteiger partial charge is 0.493 e. The van der Waals surface area contributed by atoms with Gasteiger partial charge in [0.25, 0.3) is 5.91 Å². The van der Waals surface area contributed by atoms with Gasteiger partial charge in [-0.25, -0.2) is 13.6 Å². The van der Waals surface area contributed by atoms with E-state index in [0.717, 1.165) is 6.42 Å². The highest BCUT2D eigenvalue weighted by atomic mass is 32.2. The number of hydrogen-bond donors (Lipinski definition) is 3. The Morgan fingerprint density at radius 3 is 2.39 bits per heavy atom. The summed E-state index contributed by atoms with van der Waals surface area (Å²) in [5.41, 5.74) is 0.888. The number of nitrogens with one attached hydrogen (secondary N) is 2. The summed E-state index contributed by atoms with van der Waals surface area (Å²) in [6, 6.07) is 12.6. The van der Waals surface area contributed by atoms with Crippen molar-refractivity contribution in [1.29, 1.82) is 0 Å². The van der Waals surface area contributed by atoms with E-state index in [1.165, 1.54) is 24.3 Å². The van der Waals surface area contributed by atoms with E-state index in [2.05, 4.69) is 24.5 Å². The van der Waals surface area contributed by atoms with E-state index in [-0.39, 0.29) is 10.0 Å². The lowest BCUT2D eigenvalue weighted by molar-refractivity contribution is 0.0973. The molecule has 9 heteroatoms. The Bertz CT molecular complexity index is 942. The number of para-hydroxylation sites is 1. The van der Waals surface area contributed by atoms with Gasteiger partial charge in [-0.2, -0.15) is 0 Å². The minimum Gasteiger partial charge on any atom is -0.493 e. The third-order valence-electron chi connectivity index (χ3n) is 3.75. The normalized spacial score (nSPS) is 11.1. The summed E-state index contributed by atoms with van der Waals surface area (Å²) in [5, 5.41) is 10.5. The molecule has 1 amide bonds. The van der Waals surface area contributed by atoms with E-state index >= 15 is 0 Å². The molecule has 0 saturated heterocycles. The molecule has 0 aliphatic carbocycles. The summed E-state index contributed by atoms with van der Waals surface area (Å²) >= 11 is 5.16. The first kappa shape index (κ1) is 21.8. The number of primary sulfonamides is 1. The van der Waals surface area contributed by atoms with Crippen LogP contribution in [0.3, 0.4) is 0 Å². The van der Waals surface area contributed by atoms with Crippen molar-refractivity contribution in [2.75, 3.05) is 11.9 Å². The molecule has 0 atom stereocenters. The first-order valence-electron chi connectivity index (χ1n) is 8.64. The topological polar surface area (TPSA) is 111 Å². The van der Waals surface area contributed by atoms with Crippen molar-refractivity contribution in [3.8, 4) is 5.75 Å². The molecule has 0 fully saturated rings. The van der Waals surface area contributed by atoms with Crippen LogP contribution in [-0.4, -0.2) is 26.0 Å². The van der Waals surface area contributed by atoms with Crippen molar-refractivity contribution >= 4 is 38.9 Å². The fraction of sp³-hybridized carbons (Fsp3) is 0.263. The molecule has 0 unspecified atom stereocenters. The van der Waals surface area contributed by atoms with Crippen molar-refractivity contribution in [3.63, 3.8) is 0 Å². The van der Waals surface area contributed by atoms with Gasteiger partial charge >= 0.3 is 0 Å². The van der Waals surface area contributed by atoms with Crippen LogP contribution in [0.4, 0.5) is 5.69 Å². The highest BCUT2D eigenvalue weighted by molar-refractivity contribution is 7.89. The van der Waals surface area contributed by atoms with E-state index < -0.39 is 15.9 Å². The van der Waals surface area contributed by atoms with E-state index in [9.17, 15) is 13.2 Å². The Kier molecular flexibility index (Phi) is 7.50. The van der Waals surface area contributed by atoms with Crippen LogP contribution in [0.15, 0.2) is 53.4 Å². The van der Waals surface area contributed by atoms with Crippen molar-refractivity contribution in [3.05, 3.63) is 54.1 Å². The van der Waals surface area contributed by atoms with Gasteiger partial charge in [0, 0.05) is 5.69 Å². The van der Waals surface area contributed by atoms with Gasteiger partial charge in [0.05, 0.1) is 17.1 Å². The fourth-order valence-corrected chi connectivity index (χ4v) is 2.97. The second kappa shape index (κ2) is 9.63. The lowest BCUT2D eigenvalue weighted by Gasteiger charge is -2.14. The molecule has 0 radical (unpaired) electrons. The van der Waals surface area contributed by atoms with Crippen LogP contribution < -0.4 is 20.5 Å². The Labute approximate surface area is 170 Å². The van der Waals surface area contributed by atoms with Gasteiger partial charge < -0.3 is 10.1 Å². The summed E-state index contributed by atoms with van der Waals surface area (Å²) in [5.74, 6) is 0.582. The maximum atomic E-state index is 12.5. The number of hydrogen-bond acceptors (Lipinski definition) is 5. The second-order valence-corrected chi connectivity index (χ2v) is 8.47. The predicted molar refractivity (Wildman–Crippen MR) is 113 cm³/mol. The van der Waals surface area contributed by atoms with Crippen LogP contribution in [0.25, 0.3) is 0 Å². The maximum absolute atomic E-state index is 12.5. The molecule has 0 aliphatic rings. The Morgan fingerprint density at radius 2 is 1.79 bits per heavy atom. The zero-order chi connectivity index (χ0) is 20.7. The molecule has 4 N–H and O–H groups in total. The molecule has 0 aliphatic heterocycles. The van der Waals surface area contributed by atoms with E-state index in [0.29, 0.717) is 29.5 Å². The molecule has 0 spiro atoms. The van der Waals surface area contributed by atoms with Crippen LogP contribution in [0.2, 0.25) is 0 Å². The van der Waals surface area contributed by atoms with Crippen molar-refractivity contribution in [2.24, 2.45) is 11.1 Å². The highest BCUT2D eigenvalue weighted by Crippen LogP contribution is 2.19. The molecule has 2 aromatic rings. The standard InChI is InChI=1S/C19H23N3O4S2/c1-13(2)11-12-26-17-6-4-3-5-16(17)18(23)22-19(27)21-14-7-9-15(10-8-14)28(20,24)25/h3-10,13H,11-12H2,1-2H3,(H2,20,24,25)(H2,21,22,23,27). The monoisotopic (exact) mass is 421 g/mol. The van der Waals surface area contributed by atoms with Crippen LogP contribution >= 0.6 is 12.2 Å². The van der Waals surface area contributed by atoms with E-state index in [4.69, 9.17) is 22.1 Å². The predicted octanol–water partition coefficient (Wildman–Crippen LogP) is 2.89. The highest BCUT2D eigenvalue weighted by Gasteiger charge is 2.14. The summed E-state index contributed by atoms with van der Waals surface area (Å²) in [6.45, 7) is 4.71. The average molecular weight is 422 g/mol. The summed E-state index contributed by atoms with van der Waals surface area (Å²) < 4.78 is 28.3. The van der Waals surface area contributed by atoms with E-state index in [1.807, 2.05) is 0 Å². The number of sulfonamides is 1. The summed E-state index contributed by atoms with van der Waals surface area (Å²) in [4.78, 5) is 12.5. The van der Waals surface area contributed by atoms with Gasteiger partial charge in [0.15, 0.2) is 5.11 Å². The first-order chi connectivity index (χ1) is 13.2. The molecule has 28 heavy (non-hydrogen) atoms. The lowest BCUT2D eigenvalue weighted by Crippen LogP contribution is -2.34. The van der Waals surface area contributed by atoms with Crippen molar-refractivity contribution in [2.45, 2.75) is 25.2 Å². The SMILES string of the molecule is CC(C)CCOc1ccccc1C(=O)NC(=S)Nc1ccc(S(N)(=O)=O)cc1. The number of rotatable bonds is 7. The minimum atomic E-state index is -3.77. The molecule has 0 heterocycles. The van der Waals surface area contributed by atoms with Gasteiger partial charge in [-0.3, -0.25) is 10.1 Å². The molecule has 7 nitrogen and oxygen atoms in total. The maximum Gasteiger partial charge on any atom is 0.261 e. The number of thiocarbonyl (C=S) groups is 1. The molecule has 150 valence electrons. The lowest BCUT2D eigenvalue weighted by atomic mass is 10.1. The second-order valence-electron chi connectivity index (χ2n) is 6.50. The molecule has 0 bridgehead atoms. The van der Waals surface area contributed by atoms with Crippen molar-refractivity contribution in [1.82, 2.24) is 5.32 Å². The summed E-state index contributed by atoms with van der Waals surface area (Å²) in [6.07, 6.45) is 0.879. The smallest absolute Gasteiger partial charge is 0.261 e. The number of amides is 1. The first-order valence-corrected chi connectivity index (χ1v) is 10.6. The number of nitrogens with two attached hydrogens (primary N) is 1. The molecule has 0 aromatic heterocycles. The van der Waals surface area contributed by atoms with E-state index in [1.54, 1.807) is 24.3 Å². The number of ether oxygens (including phenoxy) is 1. The Hall–Kier alpha value is -2.49. The number of carbonyl (C=O) groups excluding carboxylic acids is 1. The number of anilines is 1. The Morgan fingerprint density at radius 1 is 1.14 bits per heavy atom. The zero-order valence-corrected chi connectivity index (χ0v) is 17.3. The average Bonchev–Trinajstić information content (AvgIpc) is 2.61. The molecule has 2 aromatic carbocycles. The summed E-state index contributed by atoms with van der Waals surface area (Å²) in [7, 11) is -3.77. The zero-order valence-electron chi connectivity index (χ0n) is 15.6. The number of carbonyl (C=O) groups is 1. The minimum absolute atomic E-state index is 0.0134. The van der Waals surface area contributed by atoms with Gasteiger partial charge in [-0.15, -0.1) is 0 Å². The molecule has 0 saturated carbocycles. The van der Waals surface area contributed by atoms with Crippen LogP contribution in [-0.2, 0) is 10.0 Å². The van der Waals surface area contributed by atoms with Crippen LogP contribution in [0, 0.1) is 5.92 Å². The molecule has 2 rings (SSSR count).